The van der Waals surface area contributed by atoms with E-state index in [9.17, 15) is 9.18 Å². The zero-order valence-electron chi connectivity index (χ0n) is 11.2. The van der Waals surface area contributed by atoms with Gasteiger partial charge in [0.05, 0.1) is 6.42 Å². The number of carbonyl (C=O) groups is 1. The van der Waals surface area contributed by atoms with Gasteiger partial charge in [-0.1, -0.05) is 15.9 Å². The number of amides is 1. The molecule has 1 spiro atoms. The summed E-state index contributed by atoms with van der Waals surface area (Å²) in [6.07, 6.45) is 3.59. The molecule has 0 bridgehead atoms. The number of carbonyl (C=O) groups excluding carboxylic acids is 1. The highest BCUT2D eigenvalue weighted by Crippen LogP contribution is 2.52. The number of piperidine rings is 1. The summed E-state index contributed by atoms with van der Waals surface area (Å²) >= 11 is 3.36. The summed E-state index contributed by atoms with van der Waals surface area (Å²) in [5.41, 5.74) is 1.03. The Hall–Kier alpha value is -0.940. The highest BCUT2D eigenvalue weighted by Gasteiger charge is 2.54. The molecule has 1 saturated heterocycles. The molecule has 20 heavy (non-hydrogen) atoms. The van der Waals surface area contributed by atoms with Crippen LogP contribution in [-0.2, 0) is 11.2 Å². The van der Waals surface area contributed by atoms with Crippen LogP contribution >= 0.6 is 15.9 Å². The molecule has 1 aromatic rings. The third kappa shape index (κ3) is 2.88. The summed E-state index contributed by atoms with van der Waals surface area (Å²) in [6, 6.07) is 4.75. The van der Waals surface area contributed by atoms with Crippen LogP contribution in [-0.4, -0.2) is 25.0 Å². The van der Waals surface area contributed by atoms with Gasteiger partial charge in [0.15, 0.2) is 0 Å². The van der Waals surface area contributed by atoms with Crippen molar-refractivity contribution in [3.63, 3.8) is 0 Å². The molecule has 1 amide bonds. The van der Waals surface area contributed by atoms with E-state index < -0.39 is 0 Å². The van der Waals surface area contributed by atoms with Crippen molar-refractivity contribution in [1.29, 1.82) is 0 Å². The van der Waals surface area contributed by atoms with Crippen LogP contribution in [0.3, 0.4) is 0 Å². The maximum Gasteiger partial charge on any atom is 0.224 e. The summed E-state index contributed by atoms with van der Waals surface area (Å²) in [6.45, 7) is 2.09. The van der Waals surface area contributed by atoms with Crippen LogP contribution in [0.15, 0.2) is 22.7 Å². The number of halogens is 2. The average Bonchev–Trinajstić information content (AvgIpc) is 3.06. The van der Waals surface area contributed by atoms with Crippen molar-refractivity contribution in [2.75, 3.05) is 13.1 Å². The van der Waals surface area contributed by atoms with E-state index in [1.54, 1.807) is 6.07 Å². The molecular weight excluding hydrogens is 323 g/mol. The number of nitrogens with one attached hydrogen (secondary N) is 2. The molecule has 3 nitrogen and oxygen atoms in total. The smallest absolute Gasteiger partial charge is 0.224 e. The van der Waals surface area contributed by atoms with Crippen LogP contribution in [0.25, 0.3) is 0 Å². The normalized spacial score (nSPS) is 23.6. The van der Waals surface area contributed by atoms with Crippen LogP contribution < -0.4 is 10.6 Å². The van der Waals surface area contributed by atoms with E-state index in [4.69, 9.17) is 0 Å². The maximum absolute atomic E-state index is 13.2. The van der Waals surface area contributed by atoms with Crippen LogP contribution in [0.2, 0.25) is 0 Å². The van der Waals surface area contributed by atoms with Gasteiger partial charge in [0, 0.05) is 10.5 Å². The Morgan fingerprint density at radius 2 is 2.20 bits per heavy atom. The van der Waals surface area contributed by atoms with Crippen molar-refractivity contribution >= 4 is 21.8 Å². The van der Waals surface area contributed by atoms with E-state index in [1.807, 2.05) is 0 Å². The second-order valence-corrected chi connectivity index (χ2v) is 6.70. The van der Waals surface area contributed by atoms with Gasteiger partial charge in [0.25, 0.3) is 0 Å². The lowest BCUT2D eigenvalue weighted by Gasteiger charge is -2.23. The summed E-state index contributed by atoms with van der Waals surface area (Å²) < 4.78 is 14.0. The molecule has 2 N–H and O–H groups in total. The molecule has 108 valence electrons. The van der Waals surface area contributed by atoms with Gasteiger partial charge in [0.1, 0.15) is 5.82 Å². The van der Waals surface area contributed by atoms with Crippen molar-refractivity contribution in [3.8, 4) is 0 Å². The lowest BCUT2D eigenvalue weighted by atomic mass is 9.94. The summed E-state index contributed by atoms with van der Waals surface area (Å²) in [7, 11) is 0. The maximum atomic E-state index is 13.2. The summed E-state index contributed by atoms with van der Waals surface area (Å²) in [4.78, 5) is 12.1. The number of hydrogen-bond acceptors (Lipinski definition) is 2. The van der Waals surface area contributed by atoms with E-state index in [2.05, 4.69) is 26.6 Å². The van der Waals surface area contributed by atoms with Gasteiger partial charge in [-0.05, 0) is 61.5 Å². The molecular formula is C15H18BrFN2O. The number of rotatable bonds is 3. The first-order chi connectivity index (χ1) is 9.59. The summed E-state index contributed by atoms with van der Waals surface area (Å²) in [5, 5.41) is 6.45. The van der Waals surface area contributed by atoms with E-state index in [0.29, 0.717) is 17.0 Å². The van der Waals surface area contributed by atoms with Crippen LogP contribution in [0.4, 0.5) is 4.39 Å². The Morgan fingerprint density at radius 3 is 2.95 bits per heavy atom. The molecule has 1 saturated carbocycles. The minimum atomic E-state index is -0.308. The van der Waals surface area contributed by atoms with Crippen molar-refractivity contribution in [2.45, 2.75) is 31.7 Å². The van der Waals surface area contributed by atoms with Gasteiger partial charge in [-0.25, -0.2) is 4.39 Å². The molecule has 1 aliphatic carbocycles. The molecule has 0 radical (unpaired) electrons. The van der Waals surface area contributed by atoms with Crippen LogP contribution in [0.5, 0.6) is 0 Å². The topological polar surface area (TPSA) is 41.1 Å². The summed E-state index contributed by atoms with van der Waals surface area (Å²) in [5.74, 6) is -0.325. The van der Waals surface area contributed by atoms with Crippen molar-refractivity contribution < 1.29 is 9.18 Å². The zero-order chi connectivity index (χ0) is 14.2. The van der Waals surface area contributed by atoms with Gasteiger partial charge >= 0.3 is 0 Å². The third-order valence-corrected chi connectivity index (χ3v) is 5.26. The minimum absolute atomic E-state index is 0.0169. The van der Waals surface area contributed by atoms with E-state index in [1.165, 1.54) is 12.1 Å². The van der Waals surface area contributed by atoms with E-state index in [0.717, 1.165) is 36.8 Å². The molecule has 1 atom stereocenters. The largest absolute Gasteiger partial charge is 0.353 e. The first kappa shape index (κ1) is 14.0. The Labute approximate surface area is 126 Å². The van der Waals surface area contributed by atoms with Crippen LogP contribution in [0.1, 0.15) is 24.8 Å². The fraction of sp³-hybridized carbons (Fsp3) is 0.533. The molecule has 2 aliphatic rings. The second-order valence-electron chi connectivity index (χ2n) is 5.85. The molecule has 2 fully saturated rings. The minimum Gasteiger partial charge on any atom is -0.353 e. The standard InChI is InChI=1S/C15H18BrFN2O/c16-12-2-1-11(17)7-10(12)8-14(20)19-13-9-15(13)3-5-18-6-4-15/h1-2,7,13,18H,3-6,8-9H2,(H,19,20)/t13-/m0/s1. The Balaban J connectivity index is 1.57. The van der Waals surface area contributed by atoms with Crippen LogP contribution in [0, 0.1) is 11.2 Å². The quantitative estimate of drug-likeness (QED) is 0.886. The number of hydrogen-bond donors (Lipinski definition) is 2. The highest BCUT2D eigenvalue weighted by molar-refractivity contribution is 9.10. The highest BCUT2D eigenvalue weighted by atomic mass is 79.9. The predicted octanol–water partition coefficient (Wildman–Crippen LogP) is 2.39. The Bertz CT molecular complexity index is 529. The Kier molecular flexibility index (Phi) is 3.82. The molecule has 5 heteroatoms. The average molecular weight is 341 g/mol. The predicted molar refractivity (Wildman–Crippen MR) is 78.9 cm³/mol. The van der Waals surface area contributed by atoms with Crippen molar-refractivity contribution in [1.82, 2.24) is 10.6 Å². The van der Waals surface area contributed by atoms with Gasteiger partial charge < -0.3 is 10.6 Å². The number of benzene rings is 1. The van der Waals surface area contributed by atoms with Gasteiger partial charge in [-0.3, -0.25) is 4.79 Å². The molecule has 0 aromatic heterocycles. The van der Waals surface area contributed by atoms with E-state index in [-0.39, 0.29) is 18.1 Å². The van der Waals surface area contributed by atoms with E-state index >= 15 is 0 Å². The molecule has 3 rings (SSSR count). The second kappa shape index (κ2) is 5.45. The van der Waals surface area contributed by atoms with Gasteiger partial charge in [0.2, 0.25) is 5.91 Å². The SMILES string of the molecule is O=C(Cc1cc(F)ccc1Br)N[C@H]1CC12CCNCC2. The fourth-order valence-electron chi connectivity index (χ4n) is 3.13. The van der Waals surface area contributed by atoms with Crippen molar-refractivity contribution in [3.05, 3.63) is 34.1 Å². The van der Waals surface area contributed by atoms with Gasteiger partial charge in [-0.15, -0.1) is 0 Å². The lowest BCUT2D eigenvalue weighted by molar-refractivity contribution is -0.120. The van der Waals surface area contributed by atoms with Crippen molar-refractivity contribution in [2.24, 2.45) is 5.41 Å². The molecule has 0 unspecified atom stereocenters. The lowest BCUT2D eigenvalue weighted by Crippen LogP contribution is -2.36. The first-order valence-electron chi connectivity index (χ1n) is 7.03. The third-order valence-electron chi connectivity index (χ3n) is 4.48. The molecule has 1 heterocycles. The monoisotopic (exact) mass is 340 g/mol. The Morgan fingerprint density at radius 1 is 1.45 bits per heavy atom. The fourth-order valence-corrected chi connectivity index (χ4v) is 3.51. The first-order valence-corrected chi connectivity index (χ1v) is 7.82. The molecule has 1 aliphatic heterocycles. The zero-order valence-corrected chi connectivity index (χ0v) is 12.8. The van der Waals surface area contributed by atoms with Gasteiger partial charge in [-0.2, -0.15) is 0 Å². The molecule has 1 aromatic carbocycles.